The highest BCUT2D eigenvalue weighted by Gasteiger charge is 2.35. The SMILES string of the molecule is Cc1cc2cc([C@@H](c3nnnn3C(C)(C)C)N3CCN(c4cc(Cl)ccc4C)CC3)c(=O)[nH]c2cc1C. The number of halogens is 1. The zero-order valence-electron chi connectivity index (χ0n) is 22.3. The number of aromatic nitrogens is 5. The molecule has 2 aromatic carbocycles. The molecule has 0 radical (unpaired) electrons. The maximum Gasteiger partial charge on any atom is 0.253 e. The van der Waals surface area contributed by atoms with E-state index in [1.54, 1.807) is 0 Å². The van der Waals surface area contributed by atoms with Gasteiger partial charge in [0, 0.05) is 48.0 Å². The molecule has 37 heavy (non-hydrogen) atoms. The van der Waals surface area contributed by atoms with Crippen LogP contribution in [0.5, 0.6) is 0 Å². The predicted octanol–water partition coefficient (Wildman–Crippen LogP) is 4.76. The highest BCUT2D eigenvalue weighted by atomic mass is 35.5. The van der Waals surface area contributed by atoms with Crippen LogP contribution in [0.15, 0.2) is 41.2 Å². The Morgan fingerprint density at radius 2 is 1.65 bits per heavy atom. The molecule has 1 N–H and O–H groups in total. The quantitative estimate of drug-likeness (QED) is 0.418. The summed E-state index contributed by atoms with van der Waals surface area (Å²) < 4.78 is 1.84. The van der Waals surface area contributed by atoms with Crippen molar-refractivity contribution >= 4 is 28.2 Å². The lowest BCUT2D eigenvalue weighted by Crippen LogP contribution is -2.49. The normalized spacial score (nSPS) is 15.9. The molecule has 0 unspecified atom stereocenters. The molecule has 1 atom stereocenters. The van der Waals surface area contributed by atoms with Crippen LogP contribution in [0.3, 0.4) is 0 Å². The van der Waals surface area contributed by atoms with E-state index in [0.717, 1.165) is 53.4 Å². The van der Waals surface area contributed by atoms with Crippen LogP contribution in [0.2, 0.25) is 5.02 Å². The van der Waals surface area contributed by atoms with Gasteiger partial charge in [0.15, 0.2) is 5.82 Å². The van der Waals surface area contributed by atoms with E-state index in [0.29, 0.717) is 11.4 Å². The number of tetrazole rings is 1. The van der Waals surface area contributed by atoms with Crippen LogP contribution in [-0.2, 0) is 5.54 Å². The first kappa shape index (κ1) is 25.4. The highest BCUT2D eigenvalue weighted by Crippen LogP contribution is 2.32. The number of nitrogens with one attached hydrogen (secondary N) is 1. The van der Waals surface area contributed by atoms with Crippen LogP contribution >= 0.6 is 11.6 Å². The van der Waals surface area contributed by atoms with Gasteiger partial charge in [-0.2, -0.15) is 0 Å². The molecular formula is C28H34ClN7O. The van der Waals surface area contributed by atoms with Gasteiger partial charge in [-0.05, 0) is 104 Å². The van der Waals surface area contributed by atoms with Gasteiger partial charge in [0.05, 0.1) is 5.54 Å². The Morgan fingerprint density at radius 1 is 0.946 bits per heavy atom. The van der Waals surface area contributed by atoms with E-state index in [1.165, 1.54) is 11.1 Å². The average Bonchev–Trinajstić information content (AvgIpc) is 3.33. The van der Waals surface area contributed by atoms with Crippen molar-refractivity contribution in [2.45, 2.75) is 53.1 Å². The molecule has 2 aromatic heterocycles. The standard InChI is InChI=1S/C28H34ClN7O/c1-17-7-8-21(29)16-24(17)34-9-11-35(12-10-34)25(26-31-32-33-36(26)28(4,5)6)22-15-20-13-18(2)19(3)14-23(20)30-27(22)37/h7-8,13-16,25H,9-12H2,1-6H3,(H,30,37)/t25-/m0/s1. The topological polar surface area (TPSA) is 82.9 Å². The minimum atomic E-state index is -0.383. The largest absolute Gasteiger partial charge is 0.369 e. The third-order valence-corrected chi connectivity index (χ3v) is 7.58. The maximum absolute atomic E-state index is 13.6. The first-order chi connectivity index (χ1) is 17.5. The first-order valence-electron chi connectivity index (χ1n) is 12.7. The van der Waals surface area contributed by atoms with Gasteiger partial charge in [-0.15, -0.1) is 5.10 Å². The Hall–Kier alpha value is -3.23. The Morgan fingerprint density at radius 3 is 2.35 bits per heavy atom. The van der Waals surface area contributed by atoms with E-state index < -0.39 is 0 Å². The molecule has 5 rings (SSSR count). The number of piperazine rings is 1. The monoisotopic (exact) mass is 519 g/mol. The third-order valence-electron chi connectivity index (χ3n) is 7.35. The van der Waals surface area contributed by atoms with Crippen molar-refractivity contribution < 1.29 is 0 Å². The fourth-order valence-corrected chi connectivity index (χ4v) is 5.35. The lowest BCUT2D eigenvalue weighted by atomic mass is 9.99. The van der Waals surface area contributed by atoms with Crippen molar-refractivity contribution in [1.29, 1.82) is 0 Å². The van der Waals surface area contributed by atoms with Gasteiger partial charge in [0.1, 0.15) is 6.04 Å². The molecule has 3 heterocycles. The minimum Gasteiger partial charge on any atom is -0.369 e. The summed E-state index contributed by atoms with van der Waals surface area (Å²) in [7, 11) is 0. The van der Waals surface area contributed by atoms with Gasteiger partial charge in [-0.1, -0.05) is 17.7 Å². The minimum absolute atomic E-state index is 0.114. The number of nitrogens with zero attached hydrogens (tertiary/aromatic N) is 6. The summed E-state index contributed by atoms with van der Waals surface area (Å²) in [5.74, 6) is 0.675. The summed E-state index contributed by atoms with van der Waals surface area (Å²) in [4.78, 5) is 21.4. The third kappa shape index (κ3) is 4.88. The number of H-pyrrole nitrogens is 1. The molecule has 0 bridgehead atoms. The Bertz CT molecular complexity index is 1510. The van der Waals surface area contributed by atoms with Crippen LogP contribution in [0, 0.1) is 20.8 Å². The number of hydrogen-bond donors (Lipinski definition) is 1. The van der Waals surface area contributed by atoms with Gasteiger partial charge in [-0.25, -0.2) is 4.68 Å². The maximum atomic E-state index is 13.6. The lowest BCUT2D eigenvalue weighted by molar-refractivity contribution is 0.190. The zero-order valence-corrected chi connectivity index (χ0v) is 23.1. The molecule has 0 saturated carbocycles. The van der Waals surface area contributed by atoms with E-state index in [1.807, 2.05) is 28.9 Å². The summed E-state index contributed by atoms with van der Waals surface area (Å²) in [6.45, 7) is 15.6. The van der Waals surface area contributed by atoms with Crippen molar-refractivity contribution in [1.82, 2.24) is 30.1 Å². The second-order valence-electron chi connectivity index (χ2n) is 11.1. The fourth-order valence-electron chi connectivity index (χ4n) is 5.18. The van der Waals surface area contributed by atoms with Crippen LogP contribution in [0.1, 0.15) is 54.9 Å². The number of aromatic amines is 1. The number of fused-ring (bicyclic) bond motifs is 1. The average molecular weight is 520 g/mol. The Labute approximate surface area is 222 Å². The smallest absolute Gasteiger partial charge is 0.253 e. The van der Waals surface area contributed by atoms with E-state index in [2.05, 4.69) is 84.0 Å². The van der Waals surface area contributed by atoms with E-state index >= 15 is 0 Å². The summed E-state index contributed by atoms with van der Waals surface area (Å²) in [5.41, 5.74) is 5.73. The zero-order chi connectivity index (χ0) is 26.5. The molecule has 1 aliphatic rings. The predicted molar refractivity (Wildman–Crippen MR) is 149 cm³/mol. The first-order valence-corrected chi connectivity index (χ1v) is 13.1. The summed E-state index contributed by atoms with van der Waals surface area (Å²) >= 11 is 6.31. The number of benzene rings is 2. The van der Waals surface area contributed by atoms with Crippen LogP contribution in [0.4, 0.5) is 5.69 Å². The van der Waals surface area contributed by atoms with Crippen molar-refractivity contribution in [3.05, 3.63) is 79.9 Å². The molecule has 8 nitrogen and oxygen atoms in total. The van der Waals surface area contributed by atoms with E-state index in [4.69, 9.17) is 11.6 Å². The fraction of sp³-hybridized carbons (Fsp3) is 0.429. The van der Waals surface area contributed by atoms with Gasteiger partial charge < -0.3 is 9.88 Å². The van der Waals surface area contributed by atoms with Gasteiger partial charge in [0.25, 0.3) is 5.56 Å². The summed E-state index contributed by atoms with van der Waals surface area (Å²) in [5, 5.41) is 14.6. The van der Waals surface area contributed by atoms with Crippen molar-refractivity contribution in [3.8, 4) is 0 Å². The lowest BCUT2D eigenvalue weighted by Gasteiger charge is -2.40. The molecule has 0 spiro atoms. The van der Waals surface area contributed by atoms with Crippen molar-refractivity contribution in [3.63, 3.8) is 0 Å². The molecule has 194 valence electrons. The Kier molecular flexibility index (Phi) is 6.58. The summed E-state index contributed by atoms with van der Waals surface area (Å²) in [6.07, 6.45) is 0. The van der Waals surface area contributed by atoms with Gasteiger partial charge in [-0.3, -0.25) is 9.69 Å². The molecule has 1 saturated heterocycles. The number of pyridine rings is 1. The number of rotatable bonds is 4. The summed E-state index contributed by atoms with van der Waals surface area (Å²) in [6, 6.07) is 11.8. The molecule has 0 aliphatic carbocycles. The van der Waals surface area contributed by atoms with Crippen LogP contribution in [-0.4, -0.2) is 56.3 Å². The number of hydrogen-bond acceptors (Lipinski definition) is 6. The second-order valence-corrected chi connectivity index (χ2v) is 11.5. The molecule has 4 aromatic rings. The van der Waals surface area contributed by atoms with E-state index in [-0.39, 0.29) is 17.1 Å². The van der Waals surface area contributed by atoms with Crippen molar-refractivity contribution in [2.75, 3.05) is 31.1 Å². The van der Waals surface area contributed by atoms with E-state index in [9.17, 15) is 4.79 Å². The van der Waals surface area contributed by atoms with Crippen LogP contribution in [0.25, 0.3) is 10.9 Å². The molecule has 9 heteroatoms. The van der Waals surface area contributed by atoms with Gasteiger partial charge in [0.2, 0.25) is 0 Å². The molecule has 1 fully saturated rings. The molecular weight excluding hydrogens is 486 g/mol. The van der Waals surface area contributed by atoms with Crippen LogP contribution < -0.4 is 10.5 Å². The Balaban J connectivity index is 1.57. The highest BCUT2D eigenvalue weighted by molar-refractivity contribution is 6.30. The van der Waals surface area contributed by atoms with Gasteiger partial charge >= 0.3 is 0 Å². The number of aryl methyl sites for hydroxylation is 3. The van der Waals surface area contributed by atoms with Crippen molar-refractivity contribution in [2.24, 2.45) is 0 Å². The second kappa shape index (κ2) is 9.58. The molecule has 1 aliphatic heterocycles. The number of anilines is 1. The molecule has 0 amide bonds.